The fourth-order valence-corrected chi connectivity index (χ4v) is 3.01. The van der Waals surface area contributed by atoms with E-state index in [0.717, 1.165) is 6.07 Å². The van der Waals surface area contributed by atoms with Crippen LogP contribution >= 0.6 is 0 Å². The highest BCUT2D eigenvalue weighted by Gasteiger charge is 2.18. The minimum atomic E-state index is -0.906. The molecule has 0 saturated heterocycles. The summed E-state index contributed by atoms with van der Waals surface area (Å²) in [6.07, 6.45) is 0.218. The van der Waals surface area contributed by atoms with Crippen LogP contribution in [0.4, 0.5) is 4.39 Å². The van der Waals surface area contributed by atoms with E-state index in [1.807, 2.05) is 0 Å². The van der Waals surface area contributed by atoms with Crippen LogP contribution in [0, 0.1) is 12.7 Å². The number of aryl methyl sites for hydroxylation is 2. The van der Waals surface area contributed by atoms with Crippen molar-refractivity contribution < 1.29 is 32.6 Å². The Bertz CT molecular complexity index is 1170. The van der Waals surface area contributed by atoms with Gasteiger partial charge in [-0.2, -0.15) is 0 Å². The summed E-state index contributed by atoms with van der Waals surface area (Å²) in [7, 11) is 1.50. The van der Waals surface area contributed by atoms with Crippen molar-refractivity contribution in [1.29, 1.82) is 0 Å². The summed E-state index contributed by atoms with van der Waals surface area (Å²) in [4.78, 5) is 36.2. The van der Waals surface area contributed by atoms with Crippen molar-refractivity contribution >= 4 is 22.9 Å². The average Bonchev–Trinajstić information content (AvgIpc) is 2.72. The summed E-state index contributed by atoms with van der Waals surface area (Å²) in [5, 5.41) is 0.632. The van der Waals surface area contributed by atoms with E-state index in [-0.39, 0.29) is 43.0 Å². The van der Waals surface area contributed by atoms with Crippen LogP contribution in [-0.2, 0) is 20.7 Å². The lowest BCUT2D eigenvalue weighted by Gasteiger charge is -2.13. The molecule has 0 bridgehead atoms. The molecule has 162 valence electrons. The van der Waals surface area contributed by atoms with Crippen molar-refractivity contribution in [2.45, 2.75) is 19.8 Å². The Morgan fingerprint density at radius 3 is 2.61 bits per heavy atom. The van der Waals surface area contributed by atoms with Gasteiger partial charge in [-0.3, -0.25) is 4.79 Å². The first-order valence-electron chi connectivity index (χ1n) is 9.57. The maximum absolute atomic E-state index is 14.0. The van der Waals surface area contributed by atoms with Gasteiger partial charge in [0.2, 0.25) is 0 Å². The molecule has 8 heteroatoms. The second-order valence-corrected chi connectivity index (χ2v) is 6.79. The lowest BCUT2D eigenvalue weighted by molar-refractivity contribution is -0.144. The summed E-state index contributed by atoms with van der Waals surface area (Å²) in [6, 6.07) is 9.84. The highest BCUT2D eigenvalue weighted by Crippen LogP contribution is 2.29. The van der Waals surface area contributed by atoms with E-state index < -0.39 is 23.4 Å². The molecule has 0 N–H and O–H groups in total. The molecule has 31 heavy (non-hydrogen) atoms. The van der Waals surface area contributed by atoms with Gasteiger partial charge in [-0.25, -0.2) is 14.0 Å². The Kier molecular flexibility index (Phi) is 7.15. The summed E-state index contributed by atoms with van der Waals surface area (Å²) < 4.78 is 34.5. The van der Waals surface area contributed by atoms with Gasteiger partial charge < -0.3 is 18.6 Å². The predicted molar refractivity (Wildman–Crippen MR) is 110 cm³/mol. The number of carbonyl (C=O) groups is 2. The van der Waals surface area contributed by atoms with E-state index in [0.29, 0.717) is 16.5 Å². The Morgan fingerprint density at radius 1 is 1.10 bits per heavy atom. The number of fused-ring (bicyclic) bond motifs is 1. The first kappa shape index (κ1) is 22.2. The third kappa shape index (κ3) is 5.55. The molecule has 0 saturated carbocycles. The van der Waals surface area contributed by atoms with E-state index in [2.05, 4.69) is 0 Å². The molecule has 0 radical (unpaired) electrons. The zero-order chi connectivity index (χ0) is 22.4. The second kappa shape index (κ2) is 9.99. The second-order valence-electron chi connectivity index (χ2n) is 6.79. The van der Waals surface area contributed by atoms with Gasteiger partial charge in [-0.05, 0) is 42.7 Å². The predicted octanol–water partition coefficient (Wildman–Crippen LogP) is 3.58. The van der Waals surface area contributed by atoms with Gasteiger partial charge in [-0.15, -0.1) is 0 Å². The normalized spacial score (nSPS) is 10.8. The van der Waals surface area contributed by atoms with Crippen molar-refractivity contribution in [2.75, 3.05) is 20.3 Å². The van der Waals surface area contributed by atoms with E-state index in [9.17, 15) is 18.8 Å². The van der Waals surface area contributed by atoms with Gasteiger partial charge in [0.1, 0.15) is 23.8 Å². The van der Waals surface area contributed by atoms with Crippen LogP contribution in [0.3, 0.4) is 0 Å². The van der Waals surface area contributed by atoms with Gasteiger partial charge in [0, 0.05) is 31.0 Å². The first-order chi connectivity index (χ1) is 14.9. The number of methoxy groups -OCH3 is 1. The molecule has 7 nitrogen and oxygen atoms in total. The Balaban J connectivity index is 1.92. The number of esters is 2. The number of hydrogen-bond donors (Lipinski definition) is 0. The van der Waals surface area contributed by atoms with E-state index in [1.165, 1.54) is 37.4 Å². The molecule has 0 aliphatic rings. The summed E-state index contributed by atoms with van der Waals surface area (Å²) >= 11 is 0. The monoisotopic (exact) mass is 428 g/mol. The zero-order valence-corrected chi connectivity index (χ0v) is 17.1. The van der Waals surface area contributed by atoms with Crippen LogP contribution in [0.2, 0.25) is 0 Å². The lowest BCUT2D eigenvalue weighted by atomic mass is 10.0. The molecule has 0 atom stereocenters. The SMILES string of the molecule is COCCOC(=O)CCc1cc2c(C)cc(=O)oc2cc1OC(=O)c1ccccc1F. The quantitative estimate of drug-likeness (QED) is 0.234. The Labute approximate surface area is 177 Å². The van der Waals surface area contributed by atoms with E-state index in [4.69, 9.17) is 18.6 Å². The number of benzene rings is 2. The van der Waals surface area contributed by atoms with Crippen LogP contribution in [-0.4, -0.2) is 32.3 Å². The maximum atomic E-state index is 14.0. The molecule has 3 rings (SSSR count). The Morgan fingerprint density at radius 2 is 1.87 bits per heavy atom. The minimum Gasteiger partial charge on any atom is -0.463 e. The van der Waals surface area contributed by atoms with Crippen LogP contribution in [0.1, 0.15) is 27.9 Å². The summed E-state index contributed by atoms with van der Waals surface area (Å²) in [5.74, 6) is -2.01. The zero-order valence-electron chi connectivity index (χ0n) is 17.1. The van der Waals surface area contributed by atoms with Crippen molar-refractivity contribution in [2.24, 2.45) is 0 Å². The lowest BCUT2D eigenvalue weighted by Crippen LogP contribution is -2.13. The van der Waals surface area contributed by atoms with Crippen molar-refractivity contribution in [3.05, 3.63) is 75.4 Å². The minimum absolute atomic E-state index is 0.0231. The van der Waals surface area contributed by atoms with Crippen molar-refractivity contribution in [3.8, 4) is 5.75 Å². The molecule has 0 amide bonds. The number of hydrogen-bond acceptors (Lipinski definition) is 7. The maximum Gasteiger partial charge on any atom is 0.346 e. The molecular formula is C23H21FO7. The number of rotatable bonds is 8. The molecular weight excluding hydrogens is 407 g/mol. The molecule has 2 aromatic carbocycles. The number of halogens is 1. The molecule has 0 spiro atoms. The van der Waals surface area contributed by atoms with Gasteiger partial charge >= 0.3 is 17.6 Å². The highest BCUT2D eigenvalue weighted by atomic mass is 19.1. The van der Waals surface area contributed by atoms with Gasteiger partial charge in [0.25, 0.3) is 0 Å². The van der Waals surface area contributed by atoms with Crippen molar-refractivity contribution in [3.63, 3.8) is 0 Å². The molecule has 0 fully saturated rings. The highest BCUT2D eigenvalue weighted by molar-refractivity contribution is 5.92. The van der Waals surface area contributed by atoms with Gasteiger partial charge in [-0.1, -0.05) is 12.1 Å². The van der Waals surface area contributed by atoms with Crippen LogP contribution in [0.15, 0.2) is 51.7 Å². The summed E-state index contributed by atoms with van der Waals surface area (Å²) in [6.45, 7) is 2.16. The first-order valence-corrected chi connectivity index (χ1v) is 9.57. The van der Waals surface area contributed by atoms with Crippen LogP contribution in [0.25, 0.3) is 11.0 Å². The standard InChI is InChI=1S/C23H21FO7/c1-14-11-22(26)30-20-13-19(31-23(27)16-5-3-4-6-18(16)24)15(12-17(14)20)7-8-21(25)29-10-9-28-2/h3-6,11-13H,7-10H2,1-2H3. The fourth-order valence-electron chi connectivity index (χ4n) is 3.01. The van der Waals surface area contributed by atoms with Crippen molar-refractivity contribution in [1.82, 2.24) is 0 Å². The third-order valence-electron chi connectivity index (χ3n) is 4.58. The average molecular weight is 428 g/mol. The number of ether oxygens (including phenoxy) is 3. The van der Waals surface area contributed by atoms with Gasteiger partial charge in [0.05, 0.1) is 12.2 Å². The topological polar surface area (TPSA) is 92.0 Å². The fraction of sp³-hybridized carbons (Fsp3) is 0.261. The molecule has 0 aliphatic heterocycles. The van der Waals surface area contributed by atoms with E-state index >= 15 is 0 Å². The Hall–Kier alpha value is -3.52. The molecule has 1 heterocycles. The smallest absolute Gasteiger partial charge is 0.346 e. The largest absolute Gasteiger partial charge is 0.463 e. The third-order valence-corrected chi connectivity index (χ3v) is 4.58. The summed E-state index contributed by atoms with van der Waals surface area (Å²) in [5.41, 5.74) is 0.608. The number of carbonyl (C=O) groups excluding carboxylic acids is 2. The molecule has 1 aromatic heterocycles. The molecule has 0 aliphatic carbocycles. The van der Waals surface area contributed by atoms with Crippen LogP contribution in [0.5, 0.6) is 5.75 Å². The molecule has 3 aromatic rings. The molecule has 0 unspecified atom stereocenters. The van der Waals surface area contributed by atoms with Crippen LogP contribution < -0.4 is 10.4 Å². The van der Waals surface area contributed by atoms with E-state index in [1.54, 1.807) is 13.0 Å². The van der Waals surface area contributed by atoms with Gasteiger partial charge in [0.15, 0.2) is 0 Å².